The van der Waals surface area contributed by atoms with Crippen molar-refractivity contribution in [2.45, 2.75) is 6.04 Å². The normalized spacial score (nSPS) is 21.2. The number of piperazine rings is 1. The Hall–Kier alpha value is -1.57. The van der Waals surface area contributed by atoms with E-state index in [2.05, 4.69) is 22.9 Å². The molecule has 0 radical (unpaired) electrons. The molecule has 1 aromatic carbocycles. The lowest BCUT2D eigenvalue weighted by molar-refractivity contribution is 0.191. The average Bonchev–Trinajstić information content (AvgIpc) is 2.39. The summed E-state index contributed by atoms with van der Waals surface area (Å²) >= 11 is 0. The summed E-state index contributed by atoms with van der Waals surface area (Å²) in [5.41, 5.74) is 1.75. The van der Waals surface area contributed by atoms with Crippen molar-refractivity contribution in [1.29, 1.82) is 5.26 Å². The maximum atomic E-state index is 9.42. The van der Waals surface area contributed by atoms with Gasteiger partial charge in [0.05, 0.1) is 24.3 Å². The lowest BCUT2D eigenvalue weighted by Crippen LogP contribution is -2.53. The van der Waals surface area contributed by atoms with E-state index >= 15 is 0 Å². The summed E-state index contributed by atoms with van der Waals surface area (Å²) in [6.45, 7) is 2.94. The number of likely N-dealkylation sites (N-methyl/N-ethyl adjacent to an activating group) is 1. The summed E-state index contributed by atoms with van der Waals surface area (Å²) in [4.78, 5) is 4.43. The molecule has 17 heavy (non-hydrogen) atoms. The van der Waals surface area contributed by atoms with Crippen LogP contribution in [-0.4, -0.2) is 49.3 Å². The van der Waals surface area contributed by atoms with E-state index in [1.807, 2.05) is 24.3 Å². The number of aliphatic hydroxyl groups excluding tert-OH is 1. The van der Waals surface area contributed by atoms with E-state index in [1.165, 1.54) is 0 Å². The molecule has 1 aromatic rings. The number of anilines is 1. The van der Waals surface area contributed by atoms with Crippen molar-refractivity contribution in [2.75, 3.05) is 38.2 Å². The molecule has 4 nitrogen and oxygen atoms in total. The van der Waals surface area contributed by atoms with Gasteiger partial charge in [-0.25, -0.2) is 0 Å². The second kappa shape index (κ2) is 5.17. The van der Waals surface area contributed by atoms with E-state index < -0.39 is 0 Å². The highest BCUT2D eigenvalue weighted by molar-refractivity contribution is 5.51. The highest BCUT2D eigenvalue weighted by Crippen LogP contribution is 2.20. The monoisotopic (exact) mass is 231 g/mol. The molecule has 0 amide bonds. The van der Waals surface area contributed by atoms with Crippen molar-refractivity contribution in [1.82, 2.24) is 4.90 Å². The lowest BCUT2D eigenvalue weighted by atomic mass is 10.1. The molecule has 90 valence electrons. The highest BCUT2D eigenvalue weighted by atomic mass is 16.3. The summed E-state index contributed by atoms with van der Waals surface area (Å²) in [5, 5.41) is 18.2. The standard InChI is InChI=1S/C13H17N3O/c1-15-6-7-16(13(9-15)10-17)12-4-2-11(8-14)3-5-12/h2-5,13,17H,6-7,9-10H2,1H3. The van der Waals surface area contributed by atoms with E-state index in [0.29, 0.717) is 5.56 Å². The molecule has 0 bridgehead atoms. The fourth-order valence-corrected chi connectivity index (χ4v) is 2.23. The molecule has 0 aliphatic carbocycles. The Morgan fingerprint density at radius 3 is 2.65 bits per heavy atom. The van der Waals surface area contributed by atoms with Crippen LogP contribution in [0.4, 0.5) is 5.69 Å². The number of nitrogens with zero attached hydrogens (tertiary/aromatic N) is 3. The van der Waals surface area contributed by atoms with Crippen molar-refractivity contribution in [2.24, 2.45) is 0 Å². The van der Waals surface area contributed by atoms with E-state index in [9.17, 15) is 5.11 Å². The summed E-state index contributed by atoms with van der Waals surface area (Å²) in [7, 11) is 2.07. The molecule has 1 fully saturated rings. The summed E-state index contributed by atoms with van der Waals surface area (Å²) < 4.78 is 0. The Balaban J connectivity index is 2.17. The first-order chi connectivity index (χ1) is 8.24. The van der Waals surface area contributed by atoms with E-state index in [1.54, 1.807) is 0 Å². The van der Waals surface area contributed by atoms with Gasteiger partial charge in [-0.3, -0.25) is 0 Å². The van der Waals surface area contributed by atoms with E-state index in [4.69, 9.17) is 5.26 Å². The van der Waals surface area contributed by atoms with Crippen LogP contribution < -0.4 is 4.90 Å². The molecule has 1 saturated heterocycles. The molecule has 1 aliphatic heterocycles. The van der Waals surface area contributed by atoms with Crippen LogP contribution in [0, 0.1) is 11.3 Å². The largest absolute Gasteiger partial charge is 0.394 e. The molecular formula is C13H17N3O. The maximum absolute atomic E-state index is 9.42. The fraction of sp³-hybridized carbons (Fsp3) is 0.462. The second-order valence-electron chi connectivity index (χ2n) is 4.45. The molecule has 2 rings (SSSR count). The van der Waals surface area contributed by atoms with Gasteiger partial charge in [0.15, 0.2) is 0 Å². The topological polar surface area (TPSA) is 50.5 Å². The molecule has 0 spiro atoms. The van der Waals surface area contributed by atoms with Gasteiger partial charge in [0.2, 0.25) is 0 Å². The highest BCUT2D eigenvalue weighted by Gasteiger charge is 2.24. The number of hydrogen-bond acceptors (Lipinski definition) is 4. The molecule has 1 aliphatic rings. The van der Waals surface area contributed by atoms with Crippen molar-refractivity contribution in [3.8, 4) is 6.07 Å². The minimum absolute atomic E-state index is 0.140. The number of rotatable bonds is 2. The number of benzene rings is 1. The SMILES string of the molecule is CN1CCN(c2ccc(C#N)cc2)C(CO)C1. The summed E-state index contributed by atoms with van der Waals surface area (Å²) in [6.07, 6.45) is 0. The van der Waals surface area contributed by atoms with Gasteiger partial charge in [0, 0.05) is 25.3 Å². The van der Waals surface area contributed by atoms with E-state index in [-0.39, 0.29) is 12.6 Å². The van der Waals surface area contributed by atoms with Gasteiger partial charge in [-0.1, -0.05) is 0 Å². The van der Waals surface area contributed by atoms with Crippen LogP contribution in [-0.2, 0) is 0 Å². The Morgan fingerprint density at radius 1 is 1.35 bits per heavy atom. The van der Waals surface area contributed by atoms with E-state index in [0.717, 1.165) is 25.3 Å². The minimum atomic E-state index is 0.140. The number of aliphatic hydroxyl groups is 1. The zero-order valence-electron chi connectivity index (χ0n) is 10.0. The smallest absolute Gasteiger partial charge is 0.0991 e. The molecule has 1 N–H and O–H groups in total. The Bertz CT molecular complexity index is 410. The van der Waals surface area contributed by atoms with Crippen LogP contribution >= 0.6 is 0 Å². The quantitative estimate of drug-likeness (QED) is 0.813. The molecular weight excluding hydrogens is 214 g/mol. The van der Waals surface area contributed by atoms with Crippen LogP contribution in [0.15, 0.2) is 24.3 Å². The van der Waals surface area contributed by atoms with Gasteiger partial charge in [-0.15, -0.1) is 0 Å². The molecule has 1 unspecified atom stereocenters. The molecule has 1 heterocycles. The maximum Gasteiger partial charge on any atom is 0.0991 e. The molecule has 0 saturated carbocycles. The molecule has 1 atom stereocenters. The van der Waals surface area contributed by atoms with Crippen LogP contribution in [0.2, 0.25) is 0 Å². The predicted molar refractivity (Wildman–Crippen MR) is 66.9 cm³/mol. The second-order valence-corrected chi connectivity index (χ2v) is 4.45. The van der Waals surface area contributed by atoms with Crippen LogP contribution in [0.1, 0.15) is 5.56 Å². The third-order valence-electron chi connectivity index (χ3n) is 3.22. The fourth-order valence-electron chi connectivity index (χ4n) is 2.23. The van der Waals surface area contributed by atoms with Gasteiger partial charge in [0.25, 0.3) is 0 Å². The van der Waals surface area contributed by atoms with Gasteiger partial charge in [-0.2, -0.15) is 5.26 Å². The molecule has 4 heteroatoms. The van der Waals surface area contributed by atoms with Crippen LogP contribution in [0.25, 0.3) is 0 Å². The lowest BCUT2D eigenvalue weighted by Gasteiger charge is -2.40. The minimum Gasteiger partial charge on any atom is -0.394 e. The van der Waals surface area contributed by atoms with Crippen molar-refractivity contribution < 1.29 is 5.11 Å². The Labute approximate surface area is 102 Å². The first-order valence-corrected chi connectivity index (χ1v) is 5.81. The zero-order valence-corrected chi connectivity index (χ0v) is 10.0. The third kappa shape index (κ3) is 2.57. The van der Waals surface area contributed by atoms with Gasteiger partial charge >= 0.3 is 0 Å². The first kappa shape index (κ1) is 11.9. The van der Waals surface area contributed by atoms with Crippen LogP contribution in [0.3, 0.4) is 0 Å². The Morgan fingerprint density at radius 2 is 2.06 bits per heavy atom. The Kier molecular flexibility index (Phi) is 3.62. The third-order valence-corrected chi connectivity index (χ3v) is 3.22. The van der Waals surface area contributed by atoms with Gasteiger partial charge in [-0.05, 0) is 31.3 Å². The predicted octanol–water partition coefficient (Wildman–Crippen LogP) is 0.671. The zero-order chi connectivity index (χ0) is 12.3. The average molecular weight is 231 g/mol. The first-order valence-electron chi connectivity index (χ1n) is 5.81. The van der Waals surface area contributed by atoms with Crippen LogP contribution in [0.5, 0.6) is 0 Å². The summed E-state index contributed by atoms with van der Waals surface area (Å²) in [5.74, 6) is 0. The van der Waals surface area contributed by atoms with Crippen molar-refractivity contribution in [3.05, 3.63) is 29.8 Å². The van der Waals surface area contributed by atoms with Crippen molar-refractivity contribution in [3.63, 3.8) is 0 Å². The van der Waals surface area contributed by atoms with Crippen molar-refractivity contribution >= 4 is 5.69 Å². The van der Waals surface area contributed by atoms with Gasteiger partial charge < -0.3 is 14.9 Å². The molecule has 0 aromatic heterocycles. The summed E-state index contributed by atoms with van der Waals surface area (Å²) in [6, 6.07) is 9.80. The number of hydrogen-bond donors (Lipinski definition) is 1. The van der Waals surface area contributed by atoms with Gasteiger partial charge in [0.1, 0.15) is 0 Å². The number of nitriles is 1.